The summed E-state index contributed by atoms with van der Waals surface area (Å²) in [5.41, 5.74) is 0.825. The zero-order valence-corrected chi connectivity index (χ0v) is 12.9. The van der Waals surface area contributed by atoms with Gasteiger partial charge in [-0.1, -0.05) is 36.8 Å². The van der Waals surface area contributed by atoms with Crippen LogP contribution in [0.2, 0.25) is 0 Å². The van der Waals surface area contributed by atoms with E-state index < -0.39 is 10.0 Å². The quantitative estimate of drug-likeness (QED) is 0.873. The number of nitrogens with zero attached hydrogens (tertiary/aromatic N) is 1. The van der Waals surface area contributed by atoms with Crippen molar-refractivity contribution in [2.75, 3.05) is 19.6 Å². The van der Waals surface area contributed by atoms with Crippen LogP contribution in [0.25, 0.3) is 0 Å². The normalized spacial score (nSPS) is 18.9. The van der Waals surface area contributed by atoms with Crippen LogP contribution in [-0.2, 0) is 15.8 Å². The summed E-state index contributed by atoms with van der Waals surface area (Å²) >= 11 is 0. The fraction of sp³-hybridized carbons (Fsp3) is 0.600. The first-order valence-corrected chi connectivity index (χ1v) is 8.97. The number of likely N-dealkylation sites (tertiary alicyclic amines) is 1. The molecule has 0 saturated carbocycles. The van der Waals surface area contributed by atoms with Crippen molar-refractivity contribution < 1.29 is 8.42 Å². The minimum atomic E-state index is -3.25. The Morgan fingerprint density at radius 1 is 1.15 bits per heavy atom. The summed E-state index contributed by atoms with van der Waals surface area (Å²) in [5, 5.41) is 0. The Morgan fingerprint density at radius 2 is 1.80 bits per heavy atom. The largest absolute Gasteiger partial charge is 0.299 e. The summed E-state index contributed by atoms with van der Waals surface area (Å²) < 4.78 is 26.9. The van der Waals surface area contributed by atoms with Gasteiger partial charge in [0.25, 0.3) is 0 Å². The smallest absolute Gasteiger partial charge is 0.215 e. The first-order chi connectivity index (χ1) is 9.57. The number of hydrogen-bond acceptors (Lipinski definition) is 3. The topological polar surface area (TPSA) is 49.4 Å². The molecule has 1 unspecified atom stereocenters. The Bertz CT molecular complexity index is 496. The van der Waals surface area contributed by atoms with E-state index in [1.54, 1.807) is 0 Å². The first kappa shape index (κ1) is 15.5. The molecule has 0 amide bonds. The predicted octanol–water partition coefficient (Wildman–Crippen LogP) is 1.98. The van der Waals surface area contributed by atoms with Crippen molar-refractivity contribution in [3.05, 3.63) is 35.9 Å². The van der Waals surface area contributed by atoms with Crippen LogP contribution in [-0.4, -0.2) is 39.0 Å². The van der Waals surface area contributed by atoms with E-state index in [1.165, 1.54) is 19.3 Å². The molecule has 1 aliphatic rings. The number of piperidine rings is 1. The van der Waals surface area contributed by atoms with Crippen molar-refractivity contribution in [1.29, 1.82) is 0 Å². The molecule has 4 nitrogen and oxygen atoms in total. The average Bonchev–Trinajstić information content (AvgIpc) is 2.46. The molecule has 0 aromatic heterocycles. The molecule has 1 aromatic rings. The van der Waals surface area contributed by atoms with Gasteiger partial charge < -0.3 is 0 Å². The van der Waals surface area contributed by atoms with Gasteiger partial charge in [0.2, 0.25) is 10.0 Å². The van der Waals surface area contributed by atoms with Crippen molar-refractivity contribution in [3.63, 3.8) is 0 Å². The van der Waals surface area contributed by atoms with Crippen molar-refractivity contribution in [3.8, 4) is 0 Å². The van der Waals surface area contributed by atoms with E-state index in [0.717, 1.165) is 18.7 Å². The number of sulfonamides is 1. The molecule has 1 fully saturated rings. The maximum Gasteiger partial charge on any atom is 0.215 e. The molecule has 1 aliphatic heterocycles. The first-order valence-electron chi connectivity index (χ1n) is 7.32. The second-order valence-corrected chi connectivity index (χ2v) is 7.35. The molecule has 0 bridgehead atoms. The fourth-order valence-electron chi connectivity index (χ4n) is 2.58. The molecule has 112 valence electrons. The van der Waals surface area contributed by atoms with E-state index in [4.69, 9.17) is 0 Å². The standard InChI is InChI=1S/C15H24N2O2S/c1-14(17-10-6-3-7-11-17)12-16-20(18,19)13-15-8-4-2-5-9-15/h2,4-5,8-9,14,16H,3,6-7,10-13H2,1H3. The Kier molecular flexibility index (Phi) is 5.57. The van der Waals surface area contributed by atoms with E-state index >= 15 is 0 Å². The second-order valence-electron chi connectivity index (χ2n) is 5.54. The summed E-state index contributed by atoms with van der Waals surface area (Å²) in [6.45, 7) is 4.76. The van der Waals surface area contributed by atoms with Crippen molar-refractivity contribution in [2.24, 2.45) is 0 Å². The van der Waals surface area contributed by atoms with Gasteiger partial charge in [-0.05, 0) is 38.4 Å². The highest BCUT2D eigenvalue weighted by Gasteiger charge is 2.19. The summed E-state index contributed by atoms with van der Waals surface area (Å²) in [6.07, 6.45) is 3.74. The van der Waals surface area contributed by atoms with Gasteiger partial charge >= 0.3 is 0 Å². The SMILES string of the molecule is CC(CNS(=O)(=O)Cc1ccccc1)N1CCCCC1. The molecule has 20 heavy (non-hydrogen) atoms. The van der Waals surface area contributed by atoms with Gasteiger partial charge in [0.1, 0.15) is 0 Å². The molecule has 0 radical (unpaired) electrons. The summed E-state index contributed by atoms with van der Waals surface area (Å²) in [5.74, 6) is 0.0561. The van der Waals surface area contributed by atoms with Crippen LogP contribution in [0.1, 0.15) is 31.7 Å². The van der Waals surface area contributed by atoms with Gasteiger partial charge in [-0.15, -0.1) is 0 Å². The van der Waals surface area contributed by atoms with Gasteiger partial charge in [0.15, 0.2) is 0 Å². The molecule has 1 aromatic carbocycles. The maximum atomic E-state index is 12.1. The van der Waals surface area contributed by atoms with E-state index in [2.05, 4.69) is 16.5 Å². The van der Waals surface area contributed by atoms with E-state index in [1.807, 2.05) is 30.3 Å². The van der Waals surface area contributed by atoms with E-state index in [9.17, 15) is 8.42 Å². The third-order valence-corrected chi connectivity index (χ3v) is 5.13. The third kappa shape index (κ3) is 4.89. The monoisotopic (exact) mass is 296 g/mol. The summed E-state index contributed by atoms with van der Waals surface area (Å²) in [7, 11) is -3.25. The Balaban J connectivity index is 1.82. The van der Waals surface area contributed by atoms with E-state index in [0.29, 0.717) is 6.54 Å². The Morgan fingerprint density at radius 3 is 2.45 bits per heavy atom. The molecule has 2 rings (SSSR count). The highest BCUT2D eigenvalue weighted by molar-refractivity contribution is 7.88. The molecule has 1 atom stereocenters. The molecule has 5 heteroatoms. The maximum absolute atomic E-state index is 12.1. The van der Waals surface area contributed by atoms with Crippen LogP contribution in [0.15, 0.2) is 30.3 Å². The van der Waals surface area contributed by atoms with Crippen molar-refractivity contribution in [1.82, 2.24) is 9.62 Å². The van der Waals surface area contributed by atoms with Crippen molar-refractivity contribution in [2.45, 2.75) is 38.0 Å². The molecule has 1 heterocycles. The lowest BCUT2D eigenvalue weighted by atomic mass is 10.1. The van der Waals surface area contributed by atoms with Crippen LogP contribution in [0.3, 0.4) is 0 Å². The number of hydrogen-bond donors (Lipinski definition) is 1. The van der Waals surface area contributed by atoms with Crippen LogP contribution in [0, 0.1) is 0 Å². The lowest BCUT2D eigenvalue weighted by molar-refractivity contribution is 0.175. The molecule has 1 saturated heterocycles. The Hall–Kier alpha value is -0.910. The average molecular weight is 296 g/mol. The highest BCUT2D eigenvalue weighted by atomic mass is 32.2. The zero-order chi connectivity index (χ0) is 14.4. The molecule has 0 aliphatic carbocycles. The van der Waals surface area contributed by atoms with Crippen LogP contribution >= 0.6 is 0 Å². The highest BCUT2D eigenvalue weighted by Crippen LogP contribution is 2.12. The lowest BCUT2D eigenvalue weighted by Crippen LogP contribution is -2.44. The minimum Gasteiger partial charge on any atom is -0.299 e. The van der Waals surface area contributed by atoms with E-state index in [-0.39, 0.29) is 11.8 Å². The summed E-state index contributed by atoms with van der Waals surface area (Å²) in [4.78, 5) is 2.37. The Labute approximate surface area is 122 Å². The summed E-state index contributed by atoms with van der Waals surface area (Å²) in [6, 6.07) is 9.56. The predicted molar refractivity (Wildman–Crippen MR) is 82.0 cm³/mol. The third-order valence-electron chi connectivity index (χ3n) is 3.81. The van der Waals surface area contributed by atoms with Gasteiger partial charge in [-0.25, -0.2) is 13.1 Å². The molecular formula is C15H24N2O2S. The minimum absolute atomic E-state index is 0.0561. The van der Waals surface area contributed by atoms with Gasteiger partial charge in [0, 0.05) is 12.6 Å². The molecule has 0 spiro atoms. The zero-order valence-electron chi connectivity index (χ0n) is 12.1. The molecule has 1 N–H and O–H groups in total. The van der Waals surface area contributed by atoms with Gasteiger partial charge in [-0.3, -0.25) is 4.90 Å². The number of rotatable bonds is 6. The lowest BCUT2D eigenvalue weighted by Gasteiger charge is -2.32. The fourth-order valence-corrected chi connectivity index (χ4v) is 3.81. The van der Waals surface area contributed by atoms with Crippen LogP contribution < -0.4 is 4.72 Å². The number of benzene rings is 1. The van der Waals surface area contributed by atoms with Crippen LogP contribution in [0.4, 0.5) is 0 Å². The number of nitrogens with one attached hydrogen (secondary N) is 1. The van der Waals surface area contributed by atoms with Gasteiger partial charge in [0.05, 0.1) is 5.75 Å². The second kappa shape index (κ2) is 7.20. The van der Waals surface area contributed by atoms with Crippen molar-refractivity contribution >= 4 is 10.0 Å². The van der Waals surface area contributed by atoms with Gasteiger partial charge in [-0.2, -0.15) is 0 Å². The van der Waals surface area contributed by atoms with Crippen LogP contribution in [0.5, 0.6) is 0 Å². The molecular weight excluding hydrogens is 272 g/mol.